The highest BCUT2D eigenvalue weighted by Crippen LogP contribution is 2.32. The highest BCUT2D eigenvalue weighted by molar-refractivity contribution is 5.72. The van der Waals surface area contributed by atoms with Crippen molar-refractivity contribution in [1.29, 1.82) is 0 Å². The quantitative estimate of drug-likeness (QED) is 0.832. The second-order valence-electron chi connectivity index (χ2n) is 5.31. The molecule has 0 saturated carbocycles. The average molecular weight is 245 g/mol. The minimum Gasteiger partial charge on any atom is -0.383 e. The van der Waals surface area contributed by atoms with Crippen molar-refractivity contribution in [1.82, 2.24) is 19.3 Å². The Balaban J connectivity index is 2.11. The monoisotopic (exact) mass is 245 g/mol. The van der Waals surface area contributed by atoms with Crippen molar-refractivity contribution in [3.8, 4) is 11.3 Å². The molecule has 1 atom stereocenters. The fourth-order valence-corrected chi connectivity index (χ4v) is 2.71. The van der Waals surface area contributed by atoms with Crippen LogP contribution in [0.25, 0.3) is 11.3 Å². The number of nitrogens with zero attached hydrogens (tertiary/aromatic N) is 4. The summed E-state index contributed by atoms with van der Waals surface area (Å²) in [5.41, 5.74) is 9.16. The Bertz CT molecular complexity index is 593. The van der Waals surface area contributed by atoms with E-state index in [1.807, 2.05) is 24.9 Å². The van der Waals surface area contributed by atoms with Crippen molar-refractivity contribution < 1.29 is 0 Å². The third kappa shape index (κ3) is 1.62. The molecule has 3 rings (SSSR count). The first-order valence-corrected chi connectivity index (χ1v) is 6.41. The van der Waals surface area contributed by atoms with E-state index in [0.29, 0.717) is 5.92 Å². The topological polar surface area (TPSA) is 61.7 Å². The molecule has 0 radical (unpaired) electrons. The lowest BCUT2D eigenvalue weighted by atomic mass is 10.0. The van der Waals surface area contributed by atoms with Crippen LogP contribution in [0.3, 0.4) is 0 Å². The van der Waals surface area contributed by atoms with Crippen molar-refractivity contribution in [2.45, 2.75) is 33.2 Å². The van der Waals surface area contributed by atoms with Crippen molar-refractivity contribution in [3.05, 3.63) is 17.7 Å². The fourth-order valence-electron chi connectivity index (χ4n) is 2.71. The zero-order valence-corrected chi connectivity index (χ0v) is 11.1. The Hall–Kier alpha value is -1.78. The Morgan fingerprint density at radius 1 is 1.44 bits per heavy atom. The van der Waals surface area contributed by atoms with Crippen LogP contribution < -0.4 is 5.73 Å². The van der Waals surface area contributed by atoms with E-state index in [2.05, 4.69) is 16.6 Å². The summed E-state index contributed by atoms with van der Waals surface area (Å²) < 4.78 is 3.97. The summed E-state index contributed by atoms with van der Waals surface area (Å²) in [6.45, 7) is 5.24. The molecule has 18 heavy (non-hydrogen) atoms. The first-order chi connectivity index (χ1) is 8.56. The fraction of sp³-hybridized carbons (Fsp3) is 0.538. The molecule has 1 aliphatic rings. The van der Waals surface area contributed by atoms with Gasteiger partial charge in [0.15, 0.2) is 0 Å². The van der Waals surface area contributed by atoms with Gasteiger partial charge in [-0.25, -0.2) is 4.98 Å². The standard InChI is InChI=1S/C13H19N5/c1-8-4-5-18-11(6-8)15-12(13(18)14)10-7-17(3)16-9(10)2/h7-8H,4-6,14H2,1-3H3. The number of aryl methyl sites for hydroxylation is 2. The summed E-state index contributed by atoms with van der Waals surface area (Å²) in [5.74, 6) is 2.60. The Kier molecular flexibility index (Phi) is 2.43. The van der Waals surface area contributed by atoms with E-state index >= 15 is 0 Å². The molecule has 1 unspecified atom stereocenters. The molecular formula is C13H19N5. The summed E-state index contributed by atoms with van der Waals surface area (Å²) in [5, 5.41) is 4.36. The minimum atomic E-state index is 0.696. The van der Waals surface area contributed by atoms with Gasteiger partial charge in [0.25, 0.3) is 0 Å². The van der Waals surface area contributed by atoms with Gasteiger partial charge in [-0.1, -0.05) is 6.92 Å². The van der Waals surface area contributed by atoms with Gasteiger partial charge in [-0.05, 0) is 19.3 Å². The van der Waals surface area contributed by atoms with Crippen LogP contribution in [0.4, 0.5) is 5.82 Å². The lowest BCUT2D eigenvalue weighted by molar-refractivity contribution is 0.412. The predicted molar refractivity (Wildman–Crippen MR) is 71.1 cm³/mol. The van der Waals surface area contributed by atoms with Crippen LogP contribution in [0.1, 0.15) is 24.9 Å². The number of fused-ring (bicyclic) bond motifs is 1. The second kappa shape index (κ2) is 3.86. The number of hydrogen-bond acceptors (Lipinski definition) is 3. The molecule has 96 valence electrons. The molecule has 0 spiro atoms. The van der Waals surface area contributed by atoms with Gasteiger partial charge in [-0.3, -0.25) is 4.68 Å². The number of nitrogen functional groups attached to an aromatic ring is 1. The molecule has 2 aromatic heterocycles. The summed E-state index contributed by atoms with van der Waals surface area (Å²) in [6.07, 6.45) is 4.19. The van der Waals surface area contributed by atoms with E-state index in [0.717, 1.165) is 41.6 Å². The Labute approximate surface area is 107 Å². The van der Waals surface area contributed by atoms with Crippen molar-refractivity contribution in [2.24, 2.45) is 13.0 Å². The molecule has 0 saturated heterocycles. The van der Waals surface area contributed by atoms with Gasteiger partial charge in [0.05, 0.1) is 5.69 Å². The van der Waals surface area contributed by atoms with E-state index in [9.17, 15) is 0 Å². The molecule has 2 aromatic rings. The SMILES string of the molecule is Cc1nn(C)cc1-c1nc2n(c1N)CCC(C)C2. The third-order valence-corrected chi connectivity index (χ3v) is 3.73. The number of imidazole rings is 1. The highest BCUT2D eigenvalue weighted by atomic mass is 15.3. The molecule has 5 nitrogen and oxygen atoms in total. The first kappa shape index (κ1) is 11.3. The van der Waals surface area contributed by atoms with Crippen molar-refractivity contribution in [2.75, 3.05) is 5.73 Å². The zero-order chi connectivity index (χ0) is 12.9. The highest BCUT2D eigenvalue weighted by Gasteiger charge is 2.23. The van der Waals surface area contributed by atoms with Crippen molar-refractivity contribution in [3.63, 3.8) is 0 Å². The normalized spacial score (nSPS) is 18.9. The predicted octanol–water partition coefficient (Wildman–Crippen LogP) is 1.76. The van der Waals surface area contributed by atoms with E-state index < -0.39 is 0 Å². The van der Waals surface area contributed by atoms with Crippen molar-refractivity contribution >= 4 is 5.82 Å². The lowest BCUT2D eigenvalue weighted by Crippen LogP contribution is -2.18. The van der Waals surface area contributed by atoms with Gasteiger partial charge in [-0.15, -0.1) is 0 Å². The zero-order valence-electron chi connectivity index (χ0n) is 11.1. The number of nitrogens with two attached hydrogens (primary N) is 1. The molecule has 1 aliphatic heterocycles. The smallest absolute Gasteiger partial charge is 0.131 e. The number of aromatic nitrogens is 4. The number of hydrogen-bond donors (Lipinski definition) is 1. The maximum atomic E-state index is 6.24. The summed E-state index contributed by atoms with van der Waals surface area (Å²) in [6, 6.07) is 0. The molecule has 0 bridgehead atoms. The Morgan fingerprint density at radius 3 is 2.89 bits per heavy atom. The van der Waals surface area contributed by atoms with Crippen LogP contribution in [0.15, 0.2) is 6.20 Å². The average Bonchev–Trinajstić information content (AvgIpc) is 2.79. The number of anilines is 1. The van der Waals surface area contributed by atoms with Gasteiger partial charge >= 0.3 is 0 Å². The summed E-state index contributed by atoms with van der Waals surface area (Å²) in [7, 11) is 1.92. The molecule has 2 N–H and O–H groups in total. The van der Waals surface area contributed by atoms with E-state index in [1.165, 1.54) is 6.42 Å². The van der Waals surface area contributed by atoms with Crippen LogP contribution in [-0.2, 0) is 20.0 Å². The largest absolute Gasteiger partial charge is 0.383 e. The number of rotatable bonds is 1. The van der Waals surface area contributed by atoms with Gasteiger partial charge < -0.3 is 10.3 Å². The summed E-state index contributed by atoms with van der Waals surface area (Å²) in [4.78, 5) is 4.73. The first-order valence-electron chi connectivity index (χ1n) is 6.41. The molecule has 0 amide bonds. The van der Waals surface area contributed by atoms with Crippen LogP contribution in [0.5, 0.6) is 0 Å². The molecule has 0 aliphatic carbocycles. The van der Waals surface area contributed by atoms with E-state index in [-0.39, 0.29) is 0 Å². The minimum absolute atomic E-state index is 0.696. The molecule has 0 aromatic carbocycles. The second-order valence-corrected chi connectivity index (χ2v) is 5.31. The van der Waals surface area contributed by atoms with Gasteiger partial charge in [-0.2, -0.15) is 5.10 Å². The van der Waals surface area contributed by atoms with Gasteiger partial charge in [0.1, 0.15) is 17.3 Å². The van der Waals surface area contributed by atoms with E-state index in [1.54, 1.807) is 0 Å². The molecular weight excluding hydrogens is 226 g/mol. The van der Waals surface area contributed by atoms with Crippen LogP contribution in [0.2, 0.25) is 0 Å². The molecule has 3 heterocycles. The van der Waals surface area contributed by atoms with Crippen LogP contribution in [0, 0.1) is 12.8 Å². The molecule has 0 fully saturated rings. The molecule has 5 heteroatoms. The maximum Gasteiger partial charge on any atom is 0.131 e. The van der Waals surface area contributed by atoms with Gasteiger partial charge in [0, 0.05) is 31.8 Å². The third-order valence-electron chi connectivity index (χ3n) is 3.73. The van der Waals surface area contributed by atoms with Gasteiger partial charge in [0.2, 0.25) is 0 Å². The van der Waals surface area contributed by atoms with Crippen LogP contribution >= 0.6 is 0 Å². The van der Waals surface area contributed by atoms with Crippen LogP contribution in [-0.4, -0.2) is 19.3 Å². The summed E-state index contributed by atoms with van der Waals surface area (Å²) >= 11 is 0. The Morgan fingerprint density at radius 2 is 2.22 bits per heavy atom. The maximum absolute atomic E-state index is 6.24. The van der Waals surface area contributed by atoms with E-state index in [4.69, 9.17) is 10.7 Å². The lowest BCUT2D eigenvalue weighted by Gasteiger charge is -2.20.